The maximum absolute atomic E-state index is 6.10. The van der Waals surface area contributed by atoms with Crippen molar-refractivity contribution >= 4 is 28.9 Å². The van der Waals surface area contributed by atoms with Crippen LogP contribution in [0.1, 0.15) is 5.82 Å². The third-order valence-corrected chi connectivity index (χ3v) is 3.37. The Morgan fingerprint density at radius 3 is 2.71 bits per heavy atom. The van der Waals surface area contributed by atoms with Crippen molar-refractivity contribution in [3.63, 3.8) is 0 Å². The lowest BCUT2D eigenvalue weighted by Crippen LogP contribution is -2.05. The molecule has 8 heteroatoms. The van der Waals surface area contributed by atoms with Gasteiger partial charge >= 0.3 is 0 Å². The summed E-state index contributed by atoms with van der Waals surface area (Å²) in [7, 11) is 1.62. The van der Waals surface area contributed by atoms with Crippen LogP contribution in [-0.4, -0.2) is 37.1 Å². The van der Waals surface area contributed by atoms with Gasteiger partial charge in [0.1, 0.15) is 0 Å². The van der Waals surface area contributed by atoms with E-state index in [1.165, 1.54) is 0 Å². The van der Waals surface area contributed by atoms with Gasteiger partial charge in [-0.1, -0.05) is 28.4 Å². The summed E-state index contributed by atoms with van der Waals surface area (Å²) in [6, 6.07) is 3.25. The molecule has 0 unspecified atom stereocenters. The average Bonchev–Trinajstić information content (AvgIpc) is 2.92. The first-order chi connectivity index (χ1) is 10.1. The number of rotatable bonds is 7. The number of anilines is 1. The van der Waals surface area contributed by atoms with Gasteiger partial charge in [0.15, 0.2) is 5.82 Å². The van der Waals surface area contributed by atoms with Gasteiger partial charge in [-0.25, -0.2) is 0 Å². The predicted molar refractivity (Wildman–Crippen MR) is 80.6 cm³/mol. The Hall–Kier alpha value is -1.34. The molecule has 0 saturated carbocycles. The van der Waals surface area contributed by atoms with Crippen LogP contribution in [0.3, 0.4) is 0 Å². The Kier molecular flexibility index (Phi) is 5.81. The molecule has 0 amide bonds. The van der Waals surface area contributed by atoms with Crippen LogP contribution in [0.25, 0.3) is 11.5 Å². The zero-order valence-corrected chi connectivity index (χ0v) is 12.9. The Morgan fingerprint density at radius 1 is 1.19 bits per heavy atom. The molecule has 6 nitrogen and oxygen atoms in total. The highest BCUT2D eigenvalue weighted by Gasteiger charge is 2.17. The van der Waals surface area contributed by atoms with Gasteiger partial charge in [-0.15, -0.1) is 0 Å². The summed E-state index contributed by atoms with van der Waals surface area (Å²) in [4.78, 5) is 4.25. The fraction of sp³-hybridized carbons (Fsp3) is 0.385. The second-order valence-electron chi connectivity index (χ2n) is 4.19. The monoisotopic (exact) mass is 331 g/mol. The molecule has 1 aromatic carbocycles. The topological polar surface area (TPSA) is 83.4 Å². The summed E-state index contributed by atoms with van der Waals surface area (Å²) in [5.41, 5.74) is 6.66. The third-order valence-electron chi connectivity index (χ3n) is 2.73. The molecule has 2 aromatic rings. The van der Waals surface area contributed by atoms with E-state index in [1.807, 2.05) is 0 Å². The quantitative estimate of drug-likeness (QED) is 0.620. The van der Waals surface area contributed by atoms with Gasteiger partial charge in [0.2, 0.25) is 0 Å². The van der Waals surface area contributed by atoms with Gasteiger partial charge in [-0.2, -0.15) is 4.98 Å². The first-order valence-corrected chi connectivity index (χ1v) is 7.02. The summed E-state index contributed by atoms with van der Waals surface area (Å²) in [6.07, 6.45) is 0.519. The van der Waals surface area contributed by atoms with Gasteiger partial charge < -0.3 is 19.7 Å². The summed E-state index contributed by atoms with van der Waals surface area (Å²) in [5.74, 6) is 0.754. The van der Waals surface area contributed by atoms with Crippen LogP contribution in [0.4, 0.5) is 5.69 Å². The van der Waals surface area contributed by atoms with Gasteiger partial charge in [-0.05, 0) is 12.1 Å². The van der Waals surface area contributed by atoms with E-state index in [2.05, 4.69) is 10.1 Å². The number of hydrogen-bond acceptors (Lipinski definition) is 6. The number of ether oxygens (including phenoxy) is 2. The summed E-state index contributed by atoms with van der Waals surface area (Å²) < 4.78 is 15.4. The highest BCUT2D eigenvalue weighted by molar-refractivity contribution is 6.37. The van der Waals surface area contributed by atoms with Crippen molar-refractivity contribution in [1.82, 2.24) is 10.1 Å². The van der Waals surface area contributed by atoms with E-state index in [0.717, 1.165) is 0 Å². The molecule has 1 aromatic heterocycles. The van der Waals surface area contributed by atoms with Crippen LogP contribution in [-0.2, 0) is 15.9 Å². The number of nitrogens with zero attached hydrogens (tertiary/aromatic N) is 2. The van der Waals surface area contributed by atoms with Crippen molar-refractivity contribution in [1.29, 1.82) is 0 Å². The van der Waals surface area contributed by atoms with Crippen molar-refractivity contribution in [3.8, 4) is 11.5 Å². The minimum absolute atomic E-state index is 0.242. The lowest BCUT2D eigenvalue weighted by Gasteiger charge is -2.04. The summed E-state index contributed by atoms with van der Waals surface area (Å²) >= 11 is 12.1. The maximum Gasteiger partial charge on any atom is 0.261 e. The third kappa shape index (κ3) is 4.07. The zero-order chi connectivity index (χ0) is 15.2. The van der Waals surface area contributed by atoms with E-state index in [9.17, 15) is 0 Å². The molecule has 0 radical (unpaired) electrons. The fourth-order valence-electron chi connectivity index (χ4n) is 1.65. The van der Waals surface area contributed by atoms with Crippen molar-refractivity contribution in [2.75, 3.05) is 32.7 Å². The number of nitrogens with two attached hydrogens (primary N) is 1. The summed E-state index contributed by atoms with van der Waals surface area (Å²) in [5, 5.41) is 4.66. The number of halogens is 2. The molecule has 0 bridgehead atoms. The highest BCUT2D eigenvalue weighted by Crippen LogP contribution is 2.36. The highest BCUT2D eigenvalue weighted by atomic mass is 35.5. The van der Waals surface area contributed by atoms with E-state index in [0.29, 0.717) is 53.4 Å². The minimum Gasteiger partial charge on any atom is -0.397 e. The van der Waals surface area contributed by atoms with Gasteiger partial charge in [0.25, 0.3) is 5.89 Å². The second-order valence-corrected chi connectivity index (χ2v) is 5.00. The van der Waals surface area contributed by atoms with E-state index in [1.54, 1.807) is 19.2 Å². The molecule has 0 aliphatic carbocycles. The van der Waals surface area contributed by atoms with Crippen molar-refractivity contribution in [2.24, 2.45) is 0 Å². The molecule has 0 atom stereocenters. The van der Waals surface area contributed by atoms with Gasteiger partial charge in [0, 0.05) is 13.5 Å². The Labute approximate surface area is 132 Å². The molecule has 0 aliphatic rings. The minimum atomic E-state index is 0.242. The first kappa shape index (κ1) is 16.0. The molecule has 114 valence electrons. The van der Waals surface area contributed by atoms with E-state index in [4.69, 9.17) is 42.9 Å². The van der Waals surface area contributed by atoms with E-state index < -0.39 is 0 Å². The van der Waals surface area contributed by atoms with Crippen molar-refractivity contribution < 1.29 is 14.0 Å². The molecule has 21 heavy (non-hydrogen) atoms. The number of aromatic nitrogens is 2. The molecule has 0 saturated heterocycles. The number of methoxy groups -OCH3 is 1. The van der Waals surface area contributed by atoms with Gasteiger partial charge in [-0.3, -0.25) is 0 Å². The average molecular weight is 332 g/mol. The molecule has 0 aliphatic heterocycles. The molecular weight excluding hydrogens is 317 g/mol. The normalized spacial score (nSPS) is 11.0. The zero-order valence-electron chi connectivity index (χ0n) is 11.4. The predicted octanol–water partition coefficient (Wildman–Crippen LogP) is 2.83. The molecule has 1 heterocycles. The molecule has 0 fully saturated rings. The molecular formula is C13H15Cl2N3O3. The van der Waals surface area contributed by atoms with Crippen molar-refractivity contribution in [2.45, 2.75) is 6.42 Å². The van der Waals surface area contributed by atoms with Crippen LogP contribution >= 0.6 is 23.2 Å². The SMILES string of the molecule is COCCOCCc1noc(-c2c(Cl)ccc(Cl)c2N)n1. The Bertz CT molecular complexity index is 604. The number of hydrogen-bond donors (Lipinski definition) is 1. The fourth-order valence-corrected chi connectivity index (χ4v) is 2.05. The lowest BCUT2D eigenvalue weighted by molar-refractivity contribution is 0.0714. The number of benzene rings is 1. The lowest BCUT2D eigenvalue weighted by atomic mass is 10.2. The van der Waals surface area contributed by atoms with E-state index >= 15 is 0 Å². The largest absolute Gasteiger partial charge is 0.397 e. The van der Waals surface area contributed by atoms with Crippen LogP contribution in [0.15, 0.2) is 16.7 Å². The maximum atomic E-state index is 6.10. The molecule has 2 N–H and O–H groups in total. The van der Waals surface area contributed by atoms with Crippen LogP contribution in [0.2, 0.25) is 10.0 Å². The smallest absolute Gasteiger partial charge is 0.261 e. The Balaban J connectivity index is 2.05. The van der Waals surface area contributed by atoms with Crippen LogP contribution in [0.5, 0.6) is 0 Å². The van der Waals surface area contributed by atoms with Crippen LogP contribution < -0.4 is 5.73 Å². The summed E-state index contributed by atoms with van der Waals surface area (Å²) in [6.45, 7) is 1.54. The number of nitrogen functional groups attached to an aromatic ring is 1. The molecule has 0 spiro atoms. The first-order valence-electron chi connectivity index (χ1n) is 6.26. The second kappa shape index (κ2) is 7.61. The van der Waals surface area contributed by atoms with Crippen LogP contribution in [0, 0.1) is 0 Å². The van der Waals surface area contributed by atoms with E-state index in [-0.39, 0.29) is 5.89 Å². The Morgan fingerprint density at radius 2 is 1.95 bits per heavy atom. The van der Waals surface area contributed by atoms with Crippen molar-refractivity contribution in [3.05, 3.63) is 28.0 Å². The molecule has 2 rings (SSSR count). The van der Waals surface area contributed by atoms with Gasteiger partial charge in [0.05, 0.1) is 41.1 Å². The standard InChI is InChI=1S/C13H15Cl2N3O3/c1-19-6-7-20-5-4-10-17-13(21-18-10)11-8(14)2-3-9(15)12(11)16/h2-3H,4-7,16H2,1H3.